The smallest absolute Gasteiger partial charge is 0.133 e. The number of likely N-dealkylation sites (tertiary alicyclic amines) is 1. The third-order valence-corrected chi connectivity index (χ3v) is 3.51. The molecule has 0 spiro atoms. The summed E-state index contributed by atoms with van der Waals surface area (Å²) in [4.78, 5) is 8.96. The van der Waals surface area contributed by atoms with Gasteiger partial charge in [-0.2, -0.15) is 0 Å². The normalized spacial score (nSPS) is 25.6. The molecule has 1 aliphatic heterocycles. The van der Waals surface area contributed by atoms with Crippen LogP contribution in [0.15, 0.2) is 18.3 Å². The van der Waals surface area contributed by atoms with Crippen molar-refractivity contribution in [2.75, 3.05) is 27.2 Å². The molecule has 2 unspecified atom stereocenters. The van der Waals surface area contributed by atoms with Crippen molar-refractivity contribution in [3.63, 3.8) is 0 Å². The van der Waals surface area contributed by atoms with Gasteiger partial charge in [-0.1, -0.05) is 6.92 Å². The lowest BCUT2D eigenvalue weighted by Gasteiger charge is -2.22. The first-order valence-electron chi connectivity index (χ1n) is 6.09. The fourth-order valence-corrected chi connectivity index (χ4v) is 2.59. The Balaban J connectivity index is 1.95. The highest BCUT2D eigenvalue weighted by Gasteiger charge is 2.30. The molecule has 1 aromatic rings. The number of rotatable bonds is 3. The van der Waals surface area contributed by atoms with Crippen molar-refractivity contribution in [1.82, 2.24) is 14.8 Å². The molecule has 0 radical (unpaired) electrons. The zero-order valence-corrected chi connectivity index (χ0v) is 10.8. The number of aromatic hydroxyl groups is 1. The Hall–Kier alpha value is -1.13. The van der Waals surface area contributed by atoms with Crippen LogP contribution in [0.25, 0.3) is 0 Å². The van der Waals surface area contributed by atoms with Crippen molar-refractivity contribution < 1.29 is 5.11 Å². The molecule has 17 heavy (non-hydrogen) atoms. The van der Waals surface area contributed by atoms with E-state index in [0.717, 1.165) is 25.3 Å². The molecule has 2 atom stereocenters. The van der Waals surface area contributed by atoms with Crippen LogP contribution < -0.4 is 0 Å². The molecule has 0 amide bonds. The minimum Gasteiger partial charge on any atom is -0.506 e. The van der Waals surface area contributed by atoms with E-state index in [1.165, 1.54) is 6.20 Å². The topological polar surface area (TPSA) is 39.6 Å². The average molecular weight is 235 g/mol. The minimum atomic E-state index is 0.231. The second-order valence-corrected chi connectivity index (χ2v) is 5.21. The predicted octanol–water partition coefficient (Wildman–Crippen LogP) is 1.17. The van der Waals surface area contributed by atoms with Crippen molar-refractivity contribution in [2.24, 2.45) is 5.92 Å². The molecule has 4 nitrogen and oxygen atoms in total. The van der Waals surface area contributed by atoms with Gasteiger partial charge in [0, 0.05) is 25.7 Å². The van der Waals surface area contributed by atoms with E-state index in [1.807, 2.05) is 6.07 Å². The van der Waals surface area contributed by atoms with Gasteiger partial charge in [-0.25, -0.2) is 0 Å². The van der Waals surface area contributed by atoms with Crippen molar-refractivity contribution in [2.45, 2.75) is 19.5 Å². The summed E-state index contributed by atoms with van der Waals surface area (Å²) < 4.78 is 0. The highest BCUT2D eigenvalue weighted by atomic mass is 16.3. The molecule has 2 rings (SSSR count). The quantitative estimate of drug-likeness (QED) is 0.853. The molecule has 1 aliphatic rings. The van der Waals surface area contributed by atoms with Crippen molar-refractivity contribution in [1.29, 1.82) is 0 Å². The van der Waals surface area contributed by atoms with Crippen LogP contribution >= 0.6 is 0 Å². The van der Waals surface area contributed by atoms with Gasteiger partial charge in [0.05, 0.1) is 11.9 Å². The highest BCUT2D eigenvalue weighted by Crippen LogP contribution is 2.21. The zero-order valence-electron chi connectivity index (χ0n) is 10.8. The predicted molar refractivity (Wildman–Crippen MR) is 67.8 cm³/mol. The molecule has 0 aromatic carbocycles. The highest BCUT2D eigenvalue weighted by molar-refractivity contribution is 5.18. The van der Waals surface area contributed by atoms with E-state index in [2.05, 4.69) is 35.8 Å². The molecule has 94 valence electrons. The Labute approximate surface area is 103 Å². The first kappa shape index (κ1) is 12.3. The molecule has 1 N–H and O–H groups in total. The van der Waals surface area contributed by atoms with Crippen LogP contribution in [-0.4, -0.2) is 53.1 Å². The minimum absolute atomic E-state index is 0.231. The van der Waals surface area contributed by atoms with E-state index in [-0.39, 0.29) is 5.75 Å². The zero-order chi connectivity index (χ0) is 12.4. The van der Waals surface area contributed by atoms with Crippen LogP contribution in [0, 0.1) is 5.92 Å². The number of aromatic nitrogens is 1. The van der Waals surface area contributed by atoms with E-state index in [1.54, 1.807) is 6.07 Å². The van der Waals surface area contributed by atoms with Gasteiger partial charge in [0.1, 0.15) is 5.75 Å². The van der Waals surface area contributed by atoms with Crippen LogP contribution in [-0.2, 0) is 6.54 Å². The van der Waals surface area contributed by atoms with Gasteiger partial charge in [0.2, 0.25) is 0 Å². The van der Waals surface area contributed by atoms with Gasteiger partial charge in [-0.05, 0) is 32.1 Å². The van der Waals surface area contributed by atoms with Gasteiger partial charge < -0.3 is 10.0 Å². The van der Waals surface area contributed by atoms with Gasteiger partial charge in [0.25, 0.3) is 0 Å². The lowest BCUT2D eigenvalue weighted by atomic mass is 10.1. The van der Waals surface area contributed by atoms with E-state index in [0.29, 0.717) is 12.0 Å². The van der Waals surface area contributed by atoms with E-state index in [9.17, 15) is 5.11 Å². The lowest BCUT2D eigenvalue weighted by molar-refractivity contribution is 0.249. The first-order chi connectivity index (χ1) is 8.06. The van der Waals surface area contributed by atoms with E-state index in [4.69, 9.17) is 0 Å². The average Bonchev–Trinajstić information content (AvgIpc) is 2.63. The molecule has 1 fully saturated rings. The second-order valence-electron chi connectivity index (χ2n) is 5.21. The fraction of sp³-hybridized carbons (Fsp3) is 0.615. The number of hydrogen-bond acceptors (Lipinski definition) is 4. The molecule has 4 heteroatoms. The molecule has 1 aromatic heterocycles. The van der Waals surface area contributed by atoms with E-state index >= 15 is 0 Å². The second kappa shape index (κ2) is 5.02. The first-order valence-corrected chi connectivity index (χ1v) is 6.09. The number of nitrogens with zero attached hydrogens (tertiary/aromatic N) is 3. The molecule has 0 bridgehead atoms. The molecular weight excluding hydrogens is 214 g/mol. The summed E-state index contributed by atoms with van der Waals surface area (Å²) in [6.07, 6.45) is 1.51. The Morgan fingerprint density at radius 1 is 1.41 bits per heavy atom. The van der Waals surface area contributed by atoms with Crippen LogP contribution in [0.5, 0.6) is 5.75 Å². The Bertz CT molecular complexity index is 363. The van der Waals surface area contributed by atoms with Crippen LogP contribution in [0.1, 0.15) is 12.6 Å². The van der Waals surface area contributed by atoms with Gasteiger partial charge >= 0.3 is 0 Å². The van der Waals surface area contributed by atoms with Crippen LogP contribution in [0.2, 0.25) is 0 Å². The van der Waals surface area contributed by atoms with Crippen molar-refractivity contribution in [3.05, 3.63) is 24.0 Å². The third-order valence-electron chi connectivity index (χ3n) is 3.51. The lowest BCUT2D eigenvalue weighted by Crippen LogP contribution is -2.34. The summed E-state index contributed by atoms with van der Waals surface area (Å²) in [7, 11) is 4.28. The van der Waals surface area contributed by atoms with Crippen LogP contribution in [0.4, 0.5) is 0 Å². The SMILES string of the molecule is CC1CN(Cc2ccc(O)cn2)CC1N(C)C. The Morgan fingerprint density at radius 2 is 2.18 bits per heavy atom. The summed E-state index contributed by atoms with van der Waals surface area (Å²) in [5.41, 5.74) is 1.02. The molecular formula is C13H21N3O. The standard InChI is InChI=1S/C13H21N3O/c1-10-7-16(9-13(10)15(2)3)8-11-4-5-12(17)6-14-11/h4-6,10,13,17H,7-9H2,1-3H3. The van der Waals surface area contributed by atoms with Crippen molar-refractivity contribution in [3.8, 4) is 5.75 Å². The summed E-state index contributed by atoms with van der Waals surface area (Å²) in [6, 6.07) is 4.22. The number of likely N-dealkylation sites (N-methyl/N-ethyl adjacent to an activating group) is 1. The summed E-state index contributed by atoms with van der Waals surface area (Å²) in [6.45, 7) is 5.38. The Morgan fingerprint density at radius 3 is 2.71 bits per heavy atom. The summed E-state index contributed by atoms with van der Waals surface area (Å²) in [5.74, 6) is 0.928. The maximum atomic E-state index is 9.19. The maximum Gasteiger partial charge on any atom is 0.133 e. The molecule has 0 saturated carbocycles. The largest absolute Gasteiger partial charge is 0.506 e. The Kier molecular flexibility index (Phi) is 3.64. The third kappa shape index (κ3) is 2.96. The van der Waals surface area contributed by atoms with E-state index < -0.39 is 0 Å². The van der Waals surface area contributed by atoms with Crippen LogP contribution in [0.3, 0.4) is 0 Å². The monoisotopic (exact) mass is 235 g/mol. The molecule has 2 heterocycles. The van der Waals surface area contributed by atoms with Gasteiger partial charge in [-0.3, -0.25) is 9.88 Å². The summed E-state index contributed by atoms with van der Waals surface area (Å²) in [5, 5.41) is 9.19. The van der Waals surface area contributed by atoms with Gasteiger partial charge in [-0.15, -0.1) is 0 Å². The maximum absolute atomic E-state index is 9.19. The van der Waals surface area contributed by atoms with Crippen molar-refractivity contribution >= 4 is 0 Å². The number of hydrogen-bond donors (Lipinski definition) is 1. The van der Waals surface area contributed by atoms with Gasteiger partial charge in [0.15, 0.2) is 0 Å². The molecule has 0 aliphatic carbocycles. The summed E-state index contributed by atoms with van der Waals surface area (Å²) >= 11 is 0. The fourth-order valence-electron chi connectivity index (χ4n) is 2.59. The number of pyridine rings is 1. The molecule has 1 saturated heterocycles.